The van der Waals surface area contributed by atoms with Gasteiger partial charge in [-0.25, -0.2) is 0 Å². The van der Waals surface area contributed by atoms with Crippen molar-refractivity contribution in [2.75, 3.05) is 18.6 Å². The van der Waals surface area contributed by atoms with Crippen molar-refractivity contribution in [3.8, 4) is 16.9 Å². The maximum Gasteiger partial charge on any atom is 0.233 e. The van der Waals surface area contributed by atoms with Crippen LogP contribution in [0, 0.1) is 11.3 Å². The number of benzene rings is 4. The summed E-state index contributed by atoms with van der Waals surface area (Å²) in [6.07, 6.45) is -2.06. The predicted molar refractivity (Wildman–Crippen MR) is 213 cm³/mol. The lowest BCUT2D eigenvalue weighted by Gasteiger charge is -2.54. The van der Waals surface area contributed by atoms with Crippen molar-refractivity contribution in [1.29, 1.82) is 0 Å². The van der Waals surface area contributed by atoms with Gasteiger partial charge >= 0.3 is 0 Å². The third kappa shape index (κ3) is 8.37. The molecule has 0 aliphatic carbocycles. The summed E-state index contributed by atoms with van der Waals surface area (Å²) in [5, 5.41) is 62.8. The summed E-state index contributed by atoms with van der Waals surface area (Å²) in [6, 6.07) is 29.8. The predicted octanol–water partition coefficient (Wildman–Crippen LogP) is 6.37. The number of hydrogen-bond acceptors (Lipinski definition) is 8. The van der Waals surface area contributed by atoms with Gasteiger partial charge in [0.05, 0.1) is 36.9 Å². The quantitative estimate of drug-likeness (QED) is 0.0810. The van der Waals surface area contributed by atoms with Gasteiger partial charge in [-0.1, -0.05) is 100 Å². The van der Waals surface area contributed by atoms with Crippen molar-refractivity contribution in [2.45, 2.75) is 89.9 Å². The molecule has 0 saturated carbocycles. The van der Waals surface area contributed by atoms with Crippen LogP contribution in [0.3, 0.4) is 0 Å². The van der Waals surface area contributed by atoms with Gasteiger partial charge in [0.15, 0.2) is 0 Å². The fraction of sp³-hybridized carbons (Fsp3) is 0.419. The largest absolute Gasteiger partial charge is 0.508 e. The Balaban J connectivity index is 0.00000152. The number of carbonyl (C=O) groups excluding carboxylic acids is 1. The minimum absolute atomic E-state index is 0.0475. The highest BCUT2D eigenvalue weighted by molar-refractivity contribution is 7.27. The molecule has 10 heteroatoms. The number of anilines is 1. The highest BCUT2D eigenvalue weighted by Gasteiger charge is 2.57. The van der Waals surface area contributed by atoms with Crippen LogP contribution in [-0.4, -0.2) is 68.1 Å². The van der Waals surface area contributed by atoms with Gasteiger partial charge in [-0.2, -0.15) is 0 Å². The summed E-state index contributed by atoms with van der Waals surface area (Å²) in [5.74, 6) is -0.412. The standard InChI is InChI=1S/C40H46NO7P.C2H6.CH4O/c1-4-39(2)36(48-34(23-42)40(3,47)38(39)46)27-10-8-9-25(21-27)26-15-18-30(33(44)22-26)35-31(37(45)41(35)28-11-6-5-7-12-28)19-20-32(43)24-13-16-29(49)17-14-24;2*1-2/h5-18,21-22,31-32,34-36,38,42-44,46-47H,4,19-20,23,49H2,1-3H3;1-2H3;2H,1H3. The van der Waals surface area contributed by atoms with Crippen molar-refractivity contribution in [3.05, 3.63) is 114 Å². The molecular weight excluding hydrogens is 689 g/mol. The number of phenols is 1. The second-order valence-electron chi connectivity index (χ2n) is 13.9. The lowest BCUT2D eigenvalue weighted by atomic mass is 9.65. The number of amides is 1. The second-order valence-corrected chi connectivity index (χ2v) is 14.6. The Bertz CT molecular complexity index is 1790. The van der Waals surface area contributed by atoms with Crippen LogP contribution >= 0.6 is 9.24 Å². The van der Waals surface area contributed by atoms with E-state index in [-0.39, 0.29) is 11.7 Å². The van der Waals surface area contributed by atoms with Gasteiger partial charge in [0.2, 0.25) is 5.91 Å². The zero-order valence-corrected chi connectivity index (χ0v) is 32.7. The number of para-hydroxylation sites is 1. The van der Waals surface area contributed by atoms with E-state index in [9.17, 15) is 30.3 Å². The summed E-state index contributed by atoms with van der Waals surface area (Å²) in [7, 11) is 3.63. The summed E-state index contributed by atoms with van der Waals surface area (Å²) in [4.78, 5) is 15.3. The molecule has 2 heterocycles. The molecule has 0 spiro atoms. The minimum atomic E-state index is -1.62. The molecule has 0 bridgehead atoms. The first-order valence-electron chi connectivity index (χ1n) is 18.4. The third-order valence-electron chi connectivity index (χ3n) is 10.8. The van der Waals surface area contributed by atoms with Crippen LogP contribution in [-0.2, 0) is 9.53 Å². The van der Waals surface area contributed by atoms with Crippen LogP contribution in [0.5, 0.6) is 5.75 Å². The molecule has 1 amide bonds. The lowest BCUT2D eigenvalue weighted by molar-refractivity contribution is -0.286. The SMILES string of the molecule is CC.CCC1(C)C(c2cccc(-c3ccc(C4C(CCC(O)c5ccc(P)cc5)C(=O)N4c4ccccc4)c(O)c3)c2)OC(CO)C(C)(O)C1O.CO. The van der Waals surface area contributed by atoms with Crippen LogP contribution in [0.25, 0.3) is 11.1 Å². The number of rotatable bonds is 10. The van der Waals surface area contributed by atoms with E-state index < -0.39 is 54.0 Å². The monoisotopic (exact) mass is 745 g/mol. The van der Waals surface area contributed by atoms with Crippen molar-refractivity contribution >= 4 is 26.1 Å². The summed E-state index contributed by atoms with van der Waals surface area (Å²) < 4.78 is 6.28. The van der Waals surface area contributed by atoms with E-state index in [1.807, 2.05) is 119 Å². The molecule has 9 atom stereocenters. The molecule has 6 N–H and O–H groups in total. The Hall–Kier alpha value is -3.66. The molecule has 0 radical (unpaired) electrons. The molecular formula is C43H56NO8P. The molecule has 2 fully saturated rings. The van der Waals surface area contributed by atoms with Crippen molar-refractivity contribution < 1.29 is 40.2 Å². The molecule has 6 rings (SSSR count). The molecule has 53 heavy (non-hydrogen) atoms. The van der Waals surface area contributed by atoms with Gasteiger partial charge < -0.3 is 40.3 Å². The molecule has 4 aromatic rings. The van der Waals surface area contributed by atoms with E-state index >= 15 is 0 Å². The Labute approximate surface area is 316 Å². The average molecular weight is 746 g/mol. The zero-order valence-electron chi connectivity index (χ0n) is 31.6. The number of aliphatic hydroxyl groups is 5. The van der Waals surface area contributed by atoms with Crippen LogP contribution < -0.4 is 10.2 Å². The molecule has 9 nitrogen and oxygen atoms in total. The Morgan fingerprint density at radius 2 is 1.55 bits per heavy atom. The maximum atomic E-state index is 13.6. The topological polar surface area (TPSA) is 151 Å². The molecule has 286 valence electrons. The van der Waals surface area contributed by atoms with Crippen molar-refractivity contribution in [1.82, 2.24) is 0 Å². The molecule has 2 saturated heterocycles. The summed E-state index contributed by atoms with van der Waals surface area (Å²) in [6.45, 7) is 8.87. The zero-order chi connectivity index (χ0) is 39.1. The van der Waals surface area contributed by atoms with Crippen molar-refractivity contribution in [2.24, 2.45) is 11.3 Å². The first-order chi connectivity index (χ1) is 25.4. The lowest BCUT2D eigenvalue weighted by Crippen LogP contribution is -2.64. The number of phenolic OH excluding ortho intramolecular Hbond substituents is 1. The first kappa shape index (κ1) is 42.1. The number of hydrogen-bond donors (Lipinski definition) is 6. The van der Waals surface area contributed by atoms with E-state index in [1.165, 1.54) is 6.92 Å². The van der Waals surface area contributed by atoms with Gasteiger partial charge in [0, 0.05) is 23.8 Å². The Kier molecular flexibility index (Phi) is 14.4. The fourth-order valence-corrected chi connectivity index (χ4v) is 7.84. The van der Waals surface area contributed by atoms with Gasteiger partial charge in [-0.05, 0) is 78.0 Å². The number of β-lactam (4-membered cyclic amide) rings is 1. The molecule has 2 aliphatic rings. The first-order valence-corrected chi connectivity index (χ1v) is 18.9. The molecule has 2 aliphatic heterocycles. The number of aromatic hydroxyl groups is 1. The minimum Gasteiger partial charge on any atom is -0.508 e. The molecule has 9 unspecified atom stereocenters. The van der Waals surface area contributed by atoms with Crippen LogP contribution in [0.15, 0.2) is 97.1 Å². The normalized spacial score (nSPS) is 27.1. The van der Waals surface area contributed by atoms with E-state index in [2.05, 4.69) is 9.24 Å². The number of aliphatic hydroxyl groups excluding tert-OH is 4. The highest BCUT2D eigenvalue weighted by Crippen LogP contribution is 2.52. The molecule has 4 aromatic carbocycles. The van der Waals surface area contributed by atoms with Gasteiger partial charge in [0.1, 0.15) is 17.5 Å². The summed E-state index contributed by atoms with van der Waals surface area (Å²) in [5.41, 5.74) is 2.06. The van der Waals surface area contributed by atoms with Gasteiger partial charge in [0.25, 0.3) is 0 Å². The second kappa shape index (κ2) is 18.1. The van der Waals surface area contributed by atoms with E-state index in [0.717, 1.165) is 40.4 Å². The number of nitrogens with zero attached hydrogens (tertiary/aromatic N) is 1. The van der Waals surface area contributed by atoms with E-state index in [1.54, 1.807) is 11.0 Å². The smallest absolute Gasteiger partial charge is 0.233 e. The van der Waals surface area contributed by atoms with Crippen LogP contribution in [0.4, 0.5) is 5.69 Å². The third-order valence-corrected chi connectivity index (χ3v) is 11.2. The summed E-state index contributed by atoms with van der Waals surface area (Å²) >= 11 is 0. The van der Waals surface area contributed by atoms with E-state index in [0.29, 0.717) is 24.8 Å². The van der Waals surface area contributed by atoms with Gasteiger partial charge in [-0.3, -0.25) is 4.79 Å². The van der Waals surface area contributed by atoms with Crippen molar-refractivity contribution in [3.63, 3.8) is 0 Å². The van der Waals surface area contributed by atoms with Gasteiger partial charge in [-0.15, -0.1) is 9.24 Å². The number of ether oxygens (including phenoxy) is 1. The maximum absolute atomic E-state index is 13.6. The van der Waals surface area contributed by atoms with Crippen LogP contribution in [0.2, 0.25) is 0 Å². The fourth-order valence-electron chi connectivity index (χ4n) is 7.65. The Morgan fingerprint density at radius 1 is 0.906 bits per heavy atom. The highest BCUT2D eigenvalue weighted by atomic mass is 31.0. The number of carbonyl (C=O) groups is 1. The molecule has 0 aromatic heterocycles. The van der Waals surface area contributed by atoms with Crippen LogP contribution in [0.1, 0.15) is 88.8 Å². The average Bonchev–Trinajstić information content (AvgIpc) is 3.18. The Morgan fingerprint density at radius 3 is 2.15 bits per heavy atom. The van der Waals surface area contributed by atoms with E-state index in [4.69, 9.17) is 9.84 Å².